The molecule has 2 aromatic rings. The van der Waals surface area contributed by atoms with E-state index in [0.717, 1.165) is 0 Å². The van der Waals surface area contributed by atoms with Crippen LogP contribution in [0.3, 0.4) is 0 Å². The van der Waals surface area contributed by atoms with E-state index in [0.29, 0.717) is 29.3 Å². The fourth-order valence-electron chi connectivity index (χ4n) is 4.81. The first-order valence-corrected chi connectivity index (χ1v) is 13.7. The molecule has 5 rings (SSSR count). The summed E-state index contributed by atoms with van der Waals surface area (Å²) in [5.41, 5.74) is -3.34. The van der Waals surface area contributed by atoms with E-state index in [1.165, 1.54) is 29.2 Å². The number of alkyl halides is 3. The van der Waals surface area contributed by atoms with Gasteiger partial charge in [0.25, 0.3) is 0 Å². The molecule has 1 aromatic carbocycles. The van der Waals surface area contributed by atoms with Gasteiger partial charge in [-0.25, -0.2) is 18.1 Å². The van der Waals surface area contributed by atoms with E-state index in [1.54, 1.807) is 6.92 Å². The molecule has 1 aliphatic heterocycles. The highest BCUT2D eigenvalue weighted by atomic mass is 35.5. The van der Waals surface area contributed by atoms with Crippen molar-refractivity contribution < 1.29 is 31.2 Å². The topological polar surface area (TPSA) is 138 Å². The third-order valence-corrected chi connectivity index (χ3v) is 10.1. The highest BCUT2D eigenvalue weighted by molar-refractivity contribution is 7.92. The van der Waals surface area contributed by atoms with Crippen molar-refractivity contribution in [3.05, 3.63) is 35.4 Å². The zero-order valence-electron chi connectivity index (χ0n) is 20.0. The number of benzene rings is 1. The largest absolute Gasteiger partial charge is 0.403 e. The Morgan fingerprint density at radius 1 is 1.24 bits per heavy atom. The summed E-state index contributed by atoms with van der Waals surface area (Å²) in [5, 5.41) is 14.3. The molecule has 2 atom stereocenters. The second-order valence-corrected chi connectivity index (χ2v) is 12.6. The standard InChI is InChI=1S/C23H22ClF3N6O4S/c1-13-29-12-30-33(13)14-2-3-18(16(24)8-14)38(36,37)15-9-17(19(34)31-21(11-28)4-5-21)32(10-15)20(35)22(6-7-22)23(25,26)27/h2-3,8,12,15,17H,4-7,9-10H2,1H3,(H,31,34)/t15-,17+/m1/s1. The number of carbonyl (C=O) groups is 2. The first kappa shape index (κ1) is 26.4. The van der Waals surface area contributed by atoms with Gasteiger partial charge in [0.05, 0.1) is 26.9 Å². The van der Waals surface area contributed by atoms with E-state index in [-0.39, 0.29) is 9.92 Å². The van der Waals surface area contributed by atoms with Gasteiger partial charge in [-0.3, -0.25) is 9.59 Å². The molecule has 3 fully saturated rings. The van der Waals surface area contributed by atoms with Crippen molar-refractivity contribution in [2.75, 3.05) is 6.54 Å². The molecule has 2 saturated carbocycles. The lowest BCUT2D eigenvalue weighted by Crippen LogP contribution is -2.53. The van der Waals surface area contributed by atoms with Crippen LogP contribution in [-0.4, -0.2) is 69.4 Å². The average Bonchev–Trinajstić information content (AvgIpc) is 3.73. The Morgan fingerprint density at radius 3 is 2.42 bits per heavy atom. The molecule has 0 spiro atoms. The summed E-state index contributed by atoms with van der Waals surface area (Å²) in [6.45, 7) is 1.07. The normalized spacial score (nSPS) is 23.5. The molecule has 15 heteroatoms. The molecule has 1 N–H and O–H groups in total. The van der Waals surface area contributed by atoms with Crippen LogP contribution in [0.5, 0.6) is 0 Å². The van der Waals surface area contributed by atoms with E-state index in [4.69, 9.17) is 11.6 Å². The van der Waals surface area contributed by atoms with Crippen molar-refractivity contribution in [2.45, 2.75) is 66.9 Å². The number of halogens is 4. The molecular weight excluding hydrogens is 549 g/mol. The molecule has 3 aliphatic rings. The van der Waals surface area contributed by atoms with Gasteiger partial charge in [0.1, 0.15) is 29.1 Å². The number of aryl methyl sites for hydroxylation is 1. The van der Waals surface area contributed by atoms with Gasteiger partial charge >= 0.3 is 6.18 Å². The van der Waals surface area contributed by atoms with Crippen LogP contribution in [0.15, 0.2) is 29.4 Å². The number of sulfone groups is 1. The summed E-state index contributed by atoms with van der Waals surface area (Å²) in [4.78, 5) is 30.7. The Balaban J connectivity index is 1.46. The molecule has 202 valence electrons. The third kappa shape index (κ3) is 4.21. The maximum atomic E-state index is 13.8. The molecule has 1 aromatic heterocycles. The molecule has 2 amide bonds. The molecule has 1 saturated heterocycles. The average molecular weight is 571 g/mol. The third-order valence-electron chi connectivity index (χ3n) is 7.48. The summed E-state index contributed by atoms with van der Waals surface area (Å²) >= 11 is 6.33. The Morgan fingerprint density at radius 2 is 1.92 bits per heavy atom. The van der Waals surface area contributed by atoms with Crippen LogP contribution < -0.4 is 5.32 Å². The van der Waals surface area contributed by atoms with Gasteiger partial charge in [-0.2, -0.15) is 23.5 Å². The van der Waals surface area contributed by atoms with E-state index in [2.05, 4.69) is 15.4 Å². The van der Waals surface area contributed by atoms with Gasteiger partial charge in [0.15, 0.2) is 9.84 Å². The molecule has 2 aliphatic carbocycles. The second-order valence-electron chi connectivity index (χ2n) is 9.97. The molecular formula is C23H22ClF3N6O4S. The maximum Gasteiger partial charge on any atom is 0.403 e. The number of aromatic nitrogens is 3. The minimum Gasteiger partial charge on any atom is -0.336 e. The van der Waals surface area contributed by atoms with Crippen LogP contribution in [0.4, 0.5) is 13.2 Å². The van der Waals surface area contributed by atoms with Gasteiger partial charge in [-0.15, -0.1) is 0 Å². The van der Waals surface area contributed by atoms with Crippen molar-refractivity contribution in [2.24, 2.45) is 5.41 Å². The Hall–Kier alpha value is -3.18. The van der Waals surface area contributed by atoms with Gasteiger partial charge < -0.3 is 10.2 Å². The molecule has 0 radical (unpaired) electrons. The van der Waals surface area contributed by atoms with E-state index in [1.807, 2.05) is 6.07 Å². The van der Waals surface area contributed by atoms with Crippen LogP contribution in [0.1, 0.15) is 37.9 Å². The molecule has 0 unspecified atom stereocenters. The van der Waals surface area contributed by atoms with Crippen LogP contribution in [0.2, 0.25) is 5.02 Å². The predicted octanol–water partition coefficient (Wildman–Crippen LogP) is 2.49. The smallest absolute Gasteiger partial charge is 0.336 e. The lowest BCUT2D eigenvalue weighted by molar-refractivity contribution is -0.199. The number of carbonyl (C=O) groups excluding carboxylic acids is 2. The van der Waals surface area contributed by atoms with Crippen LogP contribution in [0.25, 0.3) is 5.69 Å². The van der Waals surface area contributed by atoms with E-state index < -0.39 is 75.9 Å². The Labute approximate surface area is 220 Å². The number of hydrogen-bond acceptors (Lipinski definition) is 7. The van der Waals surface area contributed by atoms with Crippen LogP contribution in [0, 0.1) is 23.7 Å². The minimum atomic E-state index is -4.84. The first-order chi connectivity index (χ1) is 17.7. The van der Waals surface area contributed by atoms with Crippen molar-refractivity contribution in [3.63, 3.8) is 0 Å². The van der Waals surface area contributed by atoms with E-state index in [9.17, 15) is 36.4 Å². The van der Waals surface area contributed by atoms with Gasteiger partial charge in [0, 0.05) is 6.54 Å². The fraction of sp³-hybridized carbons (Fsp3) is 0.522. The summed E-state index contributed by atoms with van der Waals surface area (Å²) < 4.78 is 69.9. The number of hydrogen-bond donors (Lipinski definition) is 1. The molecule has 38 heavy (non-hydrogen) atoms. The Bertz CT molecular complexity index is 1480. The quantitative estimate of drug-likeness (QED) is 0.563. The number of amides is 2. The number of nitrogens with zero attached hydrogens (tertiary/aromatic N) is 5. The lowest BCUT2D eigenvalue weighted by Gasteiger charge is -2.29. The zero-order chi connectivity index (χ0) is 27.7. The second kappa shape index (κ2) is 8.67. The van der Waals surface area contributed by atoms with Crippen LogP contribution in [-0.2, 0) is 19.4 Å². The number of likely N-dealkylation sites (tertiary alicyclic amines) is 1. The van der Waals surface area contributed by atoms with Gasteiger partial charge in [-0.05, 0) is 57.2 Å². The fourth-order valence-corrected chi connectivity index (χ4v) is 7.04. The van der Waals surface area contributed by atoms with Gasteiger partial charge in [-0.1, -0.05) is 11.6 Å². The predicted molar refractivity (Wildman–Crippen MR) is 126 cm³/mol. The minimum absolute atomic E-state index is 0.154. The summed E-state index contributed by atoms with van der Waals surface area (Å²) in [5.74, 6) is -1.65. The summed E-state index contributed by atoms with van der Waals surface area (Å²) in [6, 6.07) is 4.54. The summed E-state index contributed by atoms with van der Waals surface area (Å²) in [6.07, 6.45) is -4.12. The SMILES string of the molecule is Cc1ncnn1-c1ccc(S(=O)(=O)[C@@H]2C[C@@H](C(=O)NC3(C#N)CC3)N(C(=O)C3(C(F)(F)F)CC3)C2)c(Cl)c1. The van der Waals surface area contributed by atoms with Crippen molar-refractivity contribution in [3.8, 4) is 11.8 Å². The number of nitriles is 1. The highest BCUT2D eigenvalue weighted by Crippen LogP contribution is 2.59. The highest BCUT2D eigenvalue weighted by Gasteiger charge is 2.70. The lowest BCUT2D eigenvalue weighted by atomic mass is 10.0. The molecule has 10 nitrogen and oxygen atoms in total. The molecule has 2 heterocycles. The van der Waals surface area contributed by atoms with Crippen LogP contribution >= 0.6 is 11.6 Å². The maximum absolute atomic E-state index is 13.8. The van der Waals surface area contributed by atoms with Crippen molar-refractivity contribution in [1.82, 2.24) is 25.0 Å². The van der Waals surface area contributed by atoms with Crippen molar-refractivity contribution >= 4 is 33.3 Å². The summed E-state index contributed by atoms with van der Waals surface area (Å²) in [7, 11) is -4.29. The van der Waals surface area contributed by atoms with Crippen molar-refractivity contribution in [1.29, 1.82) is 5.26 Å². The van der Waals surface area contributed by atoms with Gasteiger partial charge in [0.2, 0.25) is 11.8 Å². The number of rotatable bonds is 6. The zero-order valence-corrected chi connectivity index (χ0v) is 21.6. The molecule has 0 bridgehead atoms. The first-order valence-electron chi connectivity index (χ1n) is 11.8. The monoisotopic (exact) mass is 570 g/mol. The number of nitrogens with one attached hydrogen (secondary N) is 1. The Kier molecular flexibility index (Phi) is 6.03. The van der Waals surface area contributed by atoms with E-state index >= 15 is 0 Å².